The molecule has 0 saturated carbocycles. The van der Waals surface area contributed by atoms with Gasteiger partial charge in [-0.3, -0.25) is 0 Å². The molecule has 2 aromatic carbocycles. The van der Waals surface area contributed by atoms with Crippen LogP contribution in [0.3, 0.4) is 0 Å². The Bertz CT molecular complexity index is 801. The number of benzene rings is 2. The third-order valence-electron chi connectivity index (χ3n) is 3.77. The molecule has 3 aromatic rings. The Balaban J connectivity index is 1.91. The molecule has 2 N–H and O–H groups in total. The van der Waals surface area contributed by atoms with Crippen LogP contribution in [0, 0.1) is 5.82 Å². The number of halogens is 1. The molecule has 0 bridgehead atoms. The second-order valence-electron chi connectivity index (χ2n) is 4.93. The van der Waals surface area contributed by atoms with Gasteiger partial charge in [0.1, 0.15) is 5.82 Å². The predicted molar refractivity (Wildman–Crippen MR) is 75.2 cm³/mol. The normalized spacial score (nSPS) is 17.7. The van der Waals surface area contributed by atoms with Crippen LogP contribution >= 0.6 is 0 Å². The van der Waals surface area contributed by atoms with E-state index in [1.165, 1.54) is 12.1 Å². The number of aromatic nitrogens is 1. The van der Waals surface area contributed by atoms with Crippen LogP contribution in [0.1, 0.15) is 17.2 Å². The molecule has 0 spiro atoms. The van der Waals surface area contributed by atoms with Crippen LogP contribution in [0.25, 0.3) is 10.9 Å². The zero-order valence-corrected chi connectivity index (χ0v) is 10.5. The number of fused-ring (bicyclic) bond motifs is 2. The second-order valence-corrected chi connectivity index (χ2v) is 4.93. The van der Waals surface area contributed by atoms with Crippen molar-refractivity contribution in [1.82, 2.24) is 4.98 Å². The Morgan fingerprint density at radius 3 is 2.90 bits per heavy atom. The van der Waals surface area contributed by atoms with E-state index in [-0.39, 0.29) is 11.9 Å². The molecule has 1 atom stereocenters. The van der Waals surface area contributed by atoms with E-state index in [0.717, 1.165) is 27.5 Å². The summed E-state index contributed by atoms with van der Waals surface area (Å²) in [5.74, 6) is -0.287. The SMILES string of the molecule is OB1OC(c2c[nH]c3ccc(F)cc23)c2ccccc21. The summed E-state index contributed by atoms with van der Waals surface area (Å²) < 4.78 is 19.1. The van der Waals surface area contributed by atoms with Crippen molar-refractivity contribution in [2.45, 2.75) is 6.10 Å². The Morgan fingerprint density at radius 1 is 1.15 bits per heavy atom. The average Bonchev–Trinajstić information content (AvgIpc) is 3.00. The molecular formula is C15H11BFNO2. The molecule has 2 heterocycles. The highest BCUT2D eigenvalue weighted by Gasteiger charge is 2.36. The lowest BCUT2D eigenvalue weighted by Crippen LogP contribution is -2.27. The second kappa shape index (κ2) is 4.20. The van der Waals surface area contributed by atoms with Gasteiger partial charge < -0.3 is 14.7 Å². The fourth-order valence-corrected chi connectivity index (χ4v) is 2.82. The predicted octanol–water partition coefficient (Wildman–Crippen LogP) is 2.11. The molecule has 3 nitrogen and oxygen atoms in total. The zero-order chi connectivity index (χ0) is 13.7. The van der Waals surface area contributed by atoms with E-state index in [1.807, 2.05) is 30.5 Å². The Morgan fingerprint density at radius 2 is 2.00 bits per heavy atom. The summed E-state index contributed by atoms with van der Waals surface area (Å²) in [6.07, 6.45) is 1.43. The van der Waals surface area contributed by atoms with E-state index < -0.39 is 7.12 Å². The van der Waals surface area contributed by atoms with Gasteiger partial charge in [0.15, 0.2) is 0 Å². The number of hydrogen-bond donors (Lipinski definition) is 2. The average molecular weight is 267 g/mol. The van der Waals surface area contributed by atoms with Crippen molar-refractivity contribution >= 4 is 23.5 Å². The van der Waals surface area contributed by atoms with Crippen molar-refractivity contribution in [3.63, 3.8) is 0 Å². The number of nitrogens with one attached hydrogen (secondary N) is 1. The van der Waals surface area contributed by atoms with Crippen LogP contribution < -0.4 is 5.46 Å². The minimum atomic E-state index is -0.935. The summed E-state index contributed by atoms with van der Waals surface area (Å²) in [6.45, 7) is 0. The Kier molecular flexibility index (Phi) is 2.45. The topological polar surface area (TPSA) is 45.2 Å². The van der Waals surface area contributed by atoms with Crippen LogP contribution in [0.4, 0.5) is 4.39 Å². The number of H-pyrrole nitrogens is 1. The first-order chi connectivity index (χ1) is 9.74. The van der Waals surface area contributed by atoms with Gasteiger partial charge in [0.2, 0.25) is 0 Å². The maximum absolute atomic E-state index is 13.4. The summed E-state index contributed by atoms with van der Waals surface area (Å²) in [4.78, 5) is 3.11. The van der Waals surface area contributed by atoms with Gasteiger partial charge in [0.25, 0.3) is 0 Å². The van der Waals surface area contributed by atoms with Crippen molar-refractivity contribution in [3.05, 3.63) is 65.6 Å². The Hall–Kier alpha value is -2.11. The molecule has 1 aliphatic rings. The molecule has 0 fully saturated rings. The zero-order valence-electron chi connectivity index (χ0n) is 10.5. The first kappa shape index (κ1) is 11.7. The lowest BCUT2D eigenvalue weighted by atomic mass is 9.79. The number of aromatic amines is 1. The van der Waals surface area contributed by atoms with E-state index in [1.54, 1.807) is 6.07 Å². The largest absolute Gasteiger partial charge is 0.492 e. The lowest BCUT2D eigenvalue weighted by molar-refractivity contribution is 0.228. The summed E-state index contributed by atoms with van der Waals surface area (Å²) >= 11 is 0. The van der Waals surface area contributed by atoms with Crippen molar-refractivity contribution < 1.29 is 14.1 Å². The number of hydrogen-bond acceptors (Lipinski definition) is 2. The monoisotopic (exact) mass is 267 g/mol. The van der Waals surface area contributed by atoms with Crippen molar-refractivity contribution in [1.29, 1.82) is 0 Å². The van der Waals surface area contributed by atoms with Gasteiger partial charge in [0, 0.05) is 22.7 Å². The van der Waals surface area contributed by atoms with Crippen LogP contribution in [-0.2, 0) is 4.65 Å². The molecule has 1 unspecified atom stereocenters. The Labute approximate surface area is 115 Å². The number of rotatable bonds is 1. The van der Waals surface area contributed by atoms with Gasteiger partial charge >= 0.3 is 7.12 Å². The van der Waals surface area contributed by atoms with Crippen molar-refractivity contribution in [3.8, 4) is 0 Å². The molecule has 4 rings (SSSR count). The van der Waals surface area contributed by atoms with Crippen LogP contribution in [0.15, 0.2) is 48.7 Å². The highest BCUT2D eigenvalue weighted by atomic mass is 19.1. The van der Waals surface area contributed by atoms with E-state index in [0.29, 0.717) is 0 Å². The molecule has 5 heteroatoms. The minimum absolute atomic E-state index is 0.287. The van der Waals surface area contributed by atoms with Gasteiger partial charge in [-0.05, 0) is 29.2 Å². The maximum atomic E-state index is 13.4. The third-order valence-corrected chi connectivity index (χ3v) is 3.77. The summed E-state index contributed by atoms with van der Waals surface area (Å²) in [5, 5.41) is 10.7. The fraction of sp³-hybridized carbons (Fsp3) is 0.0667. The summed E-state index contributed by atoms with van der Waals surface area (Å²) in [6, 6.07) is 12.1. The minimum Gasteiger partial charge on any atom is -0.423 e. The summed E-state index contributed by atoms with van der Waals surface area (Å²) in [7, 11) is -0.935. The van der Waals surface area contributed by atoms with Gasteiger partial charge in [-0.2, -0.15) is 0 Å². The van der Waals surface area contributed by atoms with Crippen molar-refractivity contribution in [2.24, 2.45) is 0 Å². The highest BCUT2D eigenvalue weighted by Crippen LogP contribution is 2.34. The first-order valence-corrected chi connectivity index (χ1v) is 6.43. The van der Waals surface area contributed by atoms with E-state index >= 15 is 0 Å². The molecule has 0 amide bonds. The summed E-state index contributed by atoms with van der Waals surface area (Å²) in [5.41, 5.74) is 3.38. The van der Waals surface area contributed by atoms with Gasteiger partial charge in [-0.1, -0.05) is 24.3 Å². The first-order valence-electron chi connectivity index (χ1n) is 6.43. The lowest BCUT2D eigenvalue weighted by Gasteiger charge is -2.11. The highest BCUT2D eigenvalue weighted by molar-refractivity contribution is 6.61. The molecular weight excluding hydrogens is 256 g/mol. The molecule has 0 aliphatic carbocycles. The van der Waals surface area contributed by atoms with Crippen LogP contribution in [0.2, 0.25) is 0 Å². The van der Waals surface area contributed by atoms with Gasteiger partial charge in [-0.25, -0.2) is 4.39 Å². The van der Waals surface area contributed by atoms with Crippen molar-refractivity contribution in [2.75, 3.05) is 0 Å². The van der Waals surface area contributed by atoms with Gasteiger partial charge in [-0.15, -0.1) is 0 Å². The van der Waals surface area contributed by atoms with Crippen LogP contribution in [-0.4, -0.2) is 17.1 Å². The molecule has 20 heavy (non-hydrogen) atoms. The van der Waals surface area contributed by atoms with E-state index in [2.05, 4.69) is 4.98 Å². The molecule has 0 radical (unpaired) electrons. The molecule has 98 valence electrons. The standard InChI is InChI=1S/C15H11BFNO2/c17-9-5-6-14-11(7-9)12(8-18-14)15-10-3-1-2-4-13(10)16(19)20-15/h1-8,15,18-19H. The molecule has 0 saturated heterocycles. The quantitative estimate of drug-likeness (QED) is 0.663. The van der Waals surface area contributed by atoms with Gasteiger partial charge in [0.05, 0.1) is 6.10 Å². The van der Waals surface area contributed by atoms with E-state index in [9.17, 15) is 9.41 Å². The van der Waals surface area contributed by atoms with Crippen LogP contribution in [0.5, 0.6) is 0 Å². The molecule has 1 aromatic heterocycles. The third kappa shape index (κ3) is 1.60. The smallest absolute Gasteiger partial charge is 0.423 e. The fourth-order valence-electron chi connectivity index (χ4n) is 2.82. The molecule has 1 aliphatic heterocycles. The van der Waals surface area contributed by atoms with E-state index in [4.69, 9.17) is 4.65 Å². The maximum Gasteiger partial charge on any atom is 0.492 e.